The molecule has 1 fully saturated rings. The Morgan fingerprint density at radius 1 is 1.56 bits per heavy atom. The van der Waals surface area contributed by atoms with E-state index >= 15 is 0 Å². The van der Waals surface area contributed by atoms with Crippen LogP contribution in [0.15, 0.2) is 10.5 Å². The van der Waals surface area contributed by atoms with Crippen molar-refractivity contribution in [2.45, 2.75) is 52.1 Å². The number of hydrogen-bond acceptors (Lipinski definition) is 3. The predicted molar refractivity (Wildman–Crippen MR) is 68.7 cm³/mol. The summed E-state index contributed by atoms with van der Waals surface area (Å²) >= 11 is 0. The maximum Gasteiger partial charge on any atom is 0.339 e. The van der Waals surface area contributed by atoms with Gasteiger partial charge in [0.1, 0.15) is 17.1 Å². The highest BCUT2D eigenvalue weighted by Gasteiger charge is 2.21. The fourth-order valence-corrected chi connectivity index (χ4v) is 2.73. The third kappa shape index (κ3) is 2.93. The highest BCUT2D eigenvalue weighted by Crippen LogP contribution is 2.27. The number of furan rings is 1. The summed E-state index contributed by atoms with van der Waals surface area (Å²) in [5, 5.41) is 12.4. The van der Waals surface area contributed by atoms with Crippen molar-refractivity contribution in [3.05, 3.63) is 23.2 Å². The second-order valence-corrected chi connectivity index (χ2v) is 5.20. The largest absolute Gasteiger partial charge is 0.478 e. The van der Waals surface area contributed by atoms with E-state index in [2.05, 4.69) is 12.2 Å². The van der Waals surface area contributed by atoms with Crippen molar-refractivity contribution in [3.8, 4) is 0 Å². The van der Waals surface area contributed by atoms with Gasteiger partial charge in [-0.05, 0) is 38.7 Å². The van der Waals surface area contributed by atoms with Gasteiger partial charge < -0.3 is 14.8 Å². The number of carboxylic acids is 1. The number of carbonyl (C=O) groups is 1. The molecule has 100 valence electrons. The molecule has 1 aromatic rings. The minimum atomic E-state index is -0.925. The number of rotatable bonds is 5. The molecule has 0 aromatic carbocycles. The number of carboxylic acid groups (broad SMARTS) is 1. The summed E-state index contributed by atoms with van der Waals surface area (Å²) in [5.74, 6) is 1.01. The first kappa shape index (κ1) is 13.1. The van der Waals surface area contributed by atoms with Gasteiger partial charge in [-0.3, -0.25) is 0 Å². The second-order valence-electron chi connectivity index (χ2n) is 5.20. The van der Waals surface area contributed by atoms with Crippen molar-refractivity contribution in [2.75, 3.05) is 0 Å². The summed E-state index contributed by atoms with van der Waals surface area (Å²) in [6, 6.07) is 2.08. The van der Waals surface area contributed by atoms with E-state index in [4.69, 9.17) is 9.52 Å². The van der Waals surface area contributed by atoms with Gasteiger partial charge in [0.2, 0.25) is 0 Å². The Labute approximate surface area is 107 Å². The molecule has 18 heavy (non-hydrogen) atoms. The molecular weight excluding hydrogens is 230 g/mol. The molecule has 0 spiro atoms. The third-order valence-electron chi connectivity index (χ3n) is 3.90. The van der Waals surface area contributed by atoms with Gasteiger partial charge in [-0.15, -0.1) is 0 Å². The molecule has 1 aliphatic rings. The highest BCUT2D eigenvalue weighted by atomic mass is 16.4. The standard InChI is InChI=1S/C14H21NO3/c1-9(11-5-3-4-6-11)15-8-12-7-13(14(16)17)10(2)18-12/h7,9,11,15H,3-6,8H2,1-2H3,(H,16,17). The first-order valence-electron chi connectivity index (χ1n) is 6.64. The van der Waals surface area contributed by atoms with Gasteiger partial charge in [-0.2, -0.15) is 0 Å². The maximum absolute atomic E-state index is 10.9. The van der Waals surface area contributed by atoms with E-state index in [9.17, 15) is 4.79 Å². The summed E-state index contributed by atoms with van der Waals surface area (Å²) in [6.45, 7) is 4.49. The van der Waals surface area contributed by atoms with E-state index < -0.39 is 5.97 Å². The highest BCUT2D eigenvalue weighted by molar-refractivity contribution is 5.88. The molecule has 0 saturated heterocycles. The van der Waals surface area contributed by atoms with E-state index in [0.717, 1.165) is 5.92 Å². The number of aromatic carboxylic acids is 1. The lowest BCUT2D eigenvalue weighted by Crippen LogP contribution is -2.31. The molecule has 0 amide bonds. The molecule has 0 bridgehead atoms. The quantitative estimate of drug-likeness (QED) is 0.844. The van der Waals surface area contributed by atoms with Crippen LogP contribution in [-0.2, 0) is 6.54 Å². The van der Waals surface area contributed by atoms with Gasteiger partial charge in [0.25, 0.3) is 0 Å². The van der Waals surface area contributed by atoms with E-state index in [1.54, 1.807) is 13.0 Å². The zero-order chi connectivity index (χ0) is 13.1. The van der Waals surface area contributed by atoms with Crippen molar-refractivity contribution in [3.63, 3.8) is 0 Å². The Balaban J connectivity index is 1.89. The summed E-state index contributed by atoms with van der Waals surface area (Å²) in [7, 11) is 0. The smallest absolute Gasteiger partial charge is 0.339 e. The van der Waals surface area contributed by atoms with Gasteiger partial charge >= 0.3 is 5.97 Å². The number of hydrogen-bond donors (Lipinski definition) is 2. The molecule has 1 unspecified atom stereocenters. The molecule has 0 aliphatic heterocycles. The molecule has 1 heterocycles. The van der Waals surface area contributed by atoms with Crippen LogP contribution >= 0.6 is 0 Å². The second kappa shape index (κ2) is 5.57. The van der Waals surface area contributed by atoms with Crippen LogP contribution in [0.5, 0.6) is 0 Å². The summed E-state index contributed by atoms with van der Waals surface area (Å²) in [6.07, 6.45) is 5.26. The monoisotopic (exact) mass is 251 g/mol. The van der Waals surface area contributed by atoms with Crippen molar-refractivity contribution in [1.82, 2.24) is 5.32 Å². The fourth-order valence-electron chi connectivity index (χ4n) is 2.73. The Hall–Kier alpha value is -1.29. The third-order valence-corrected chi connectivity index (χ3v) is 3.90. The van der Waals surface area contributed by atoms with Crippen LogP contribution in [0.2, 0.25) is 0 Å². The fraction of sp³-hybridized carbons (Fsp3) is 0.643. The lowest BCUT2D eigenvalue weighted by atomic mass is 10.00. The van der Waals surface area contributed by atoms with E-state index in [0.29, 0.717) is 24.1 Å². The number of aryl methyl sites for hydroxylation is 1. The first-order valence-corrected chi connectivity index (χ1v) is 6.64. The topological polar surface area (TPSA) is 62.5 Å². The van der Waals surface area contributed by atoms with Crippen LogP contribution in [0.3, 0.4) is 0 Å². The van der Waals surface area contributed by atoms with Gasteiger partial charge in [0.15, 0.2) is 0 Å². The molecule has 0 radical (unpaired) electrons. The summed E-state index contributed by atoms with van der Waals surface area (Å²) in [4.78, 5) is 10.9. The average molecular weight is 251 g/mol. The minimum absolute atomic E-state index is 0.264. The lowest BCUT2D eigenvalue weighted by Gasteiger charge is -2.19. The van der Waals surface area contributed by atoms with Crippen LogP contribution in [0.1, 0.15) is 54.5 Å². The summed E-state index contributed by atoms with van der Waals surface area (Å²) < 4.78 is 5.45. The van der Waals surface area contributed by atoms with Crippen LogP contribution in [0.25, 0.3) is 0 Å². The minimum Gasteiger partial charge on any atom is -0.478 e. The SMILES string of the molecule is Cc1oc(CNC(C)C2CCCC2)cc1C(=O)O. The lowest BCUT2D eigenvalue weighted by molar-refractivity contribution is 0.0695. The van der Waals surface area contributed by atoms with Crippen molar-refractivity contribution < 1.29 is 14.3 Å². The molecule has 2 N–H and O–H groups in total. The average Bonchev–Trinajstić information content (AvgIpc) is 2.94. The van der Waals surface area contributed by atoms with Crippen molar-refractivity contribution >= 4 is 5.97 Å². The molecule has 1 atom stereocenters. The molecule has 4 heteroatoms. The van der Waals surface area contributed by atoms with E-state index in [1.165, 1.54) is 25.7 Å². The zero-order valence-electron chi connectivity index (χ0n) is 11.0. The van der Waals surface area contributed by atoms with Crippen LogP contribution in [0.4, 0.5) is 0 Å². The molecule has 4 nitrogen and oxygen atoms in total. The Bertz CT molecular complexity index is 419. The van der Waals surface area contributed by atoms with E-state index in [1.807, 2.05) is 0 Å². The van der Waals surface area contributed by atoms with Crippen LogP contribution in [-0.4, -0.2) is 17.1 Å². The normalized spacial score (nSPS) is 18.1. The van der Waals surface area contributed by atoms with Gasteiger partial charge in [-0.25, -0.2) is 4.79 Å². The number of nitrogens with one attached hydrogen (secondary N) is 1. The van der Waals surface area contributed by atoms with Gasteiger partial charge in [0, 0.05) is 6.04 Å². The van der Waals surface area contributed by atoms with Crippen molar-refractivity contribution in [2.24, 2.45) is 5.92 Å². The molecule has 1 aliphatic carbocycles. The predicted octanol–water partition coefficient (Wildman–Crippen LogP) is 2.95. The zero-order valence-corrected chi connectivity index (χ0v) is 11.0. The molecule has 2 rings (SSSR count). The summed E-state index contributed by atoms with van der Waals surface area (Å²) in [5.41, 5.74) is 0.264. The van der Waals surface area contributed by atoms with Gasteiger partial charge in [-0.1, -0.05) is 12.8 Å². The molecule has 1 aromatic heterocycles. The van der Waals surface area contributed by atoms with Crippen molar-refractivity contribution in [1.29, 1.82) is 0 Å². The van der Waals surface area contributed by atoms with Gasteiger partial charge in [0.05, 0.1) is 6.54 Å². The Morgan fingerprint density at radius 2 is 2.22 bits per heavy atom. The molecular formula is C14H21NO3. The first-order chi connectivity index (χ1) is 8.58. The van der Waals surface area contributed by atoms with E-state index in [-0.39, 0.29) is 5.56 Å². The molecule has 1 saturated carbocycles. The van der Waals surface area contributed by atoms with Crippen LogP contribution < -0.4 is 5.32 Å². The van der Waals surface area contributed by atoms with Crippen LogP contribution in [0, 0.1) is 12.8 Å². The Kier molecular flexibility index (Phi) is 4.07. The maximum atomic E-state index is 10.9. The Morgan fingerprint density at radius 3 is 2.78 bits per heavy atom.